The van der Waals surface area contributed by atoms with Gasteiger partial charge in [-0.3, -0.25) is 14.6 Å². The summed E-state index contributed by atoms with van der Waals surface area (Å²) in [5, 5.41) is 29.6. The number of hydrogen-bond acceptors (Lipinski definition) is 8. The van der Waals surface area contributed by atoms with Crippen LogP contribution in [0.1, 0.15) is 58.3 Å². The summed E-state index contributed by atoms with van der Waals surface area (Å²) in [4.78, 5) is 21.4. The van der Waals surface area contributed by atoms with Crippen LogP contribution in [0.15, 0.2) is 48.8 Å². The Bertz CT molecular complexity index is 1960. The molecule has 0 bridgehead atoms. The second-order valence-corrected chi connectivity index (χ2v) is 12.6. The second-order valence-electron chi connectivity index (χ2n) is 12.6. The zero-order valence-electron chi connectivity index (χ0n) is 27.0. The molecule has 0 saturated heterocycles. The third-order valence-corrected chi connectivity index (χ3v) is 9.02. The molecule has 1 amide bonds. The van der Waals surface area contributed by atoms with Crippen molar-refractivity contribution in [2.24, 2.45) is 7.05 Å². The van der Waals surface area contributed by atoms with Crippen molar-refractivity contribution in [3.63, 3.8) is 0 Å². The molecule has 0 radical (unpaired) electrons. The van der Waals surface area contributed by atoms with E-state index in [0.717, 1.165) is 23.1 Å². The predicted octanol–water partition coefficient (Wildman–Crippen LogP) is 6.41. The van der Waals surface area contributed by atoms with E-state index in [1.807, 2.05) is 11.0 Å². The highest BCUT2D eigenvalue weighted by Gasteiger charge is 2.41. The molecule has 0 atom stereocenters. The zero-order valence-corrected chi connectivity index (χ0v) is 27.0. The average molecular weight is 699 g/mol. The smallest absolute Gasteiger partial charge is 0.393 e. The first-order chi connectivity index (χ1) is 23.6. The fourth-order valence-corrected chi connectivity index (χ4v) is 6.30. The fraction of sp³-hybridized carbons (Fsp3) is 0.382. The van der Waals surface area contributed by atoms with Crippen LogP contribution in [0.25, 0.3) is 22.5 Å². The third-order valence-electron chi connectivity index (χ3n) is 9.02. The number of anilines is 2. The summed E-state index contributed by atoms with van der Waals surface area (Å²) >= 11 is 0. The van der Waals surface area contributed by atoms with E-state index in [1.165, 1.54) is 35.2 Å². The van der Waals surface area contributed by atoms with Gasteiger partial charge in [-0.1, -0.05) is 0 Å². The van der Waals surface area contributed by atoms with Crippen LogP contribution >= 0.6 is 0 Å². The van der Waals surface area contributed by atoms with Crippen molar-refractivity contribution < 1.29 is 36.2 Å². The number of nitrogens with zero attached hydrogens (tertiary/aromatic N) is 7. The number of unbranched alkanes of at least 4 members (excludes halogenated alkanes) is 1. The molecule has 6 rings (SSSR count). The number of aryl methyl sites for hydroxylation is 1. The number of aliphatic hydroxyl groups excluding tert-OH is 1. The van der Waals surface area contributed by atoms with E-state index in [9.17, 15) is 36.2 Å². The van der Waals surface area contributed by atoms with Crippen LogP contribution < -0.4 is 10.2 Å². The number of pyridine rings is 1. The van der Waals surface area contributed by atoms with Gasteiger partial charge in [-0.25, -0.2) is 4.98 Å². The fourth-order valence-electron chi connectivity index (χ4n) is 6.30. The minimum Gasteiger partial charge on any atom is -0.393 e. The van der Waals surface area contributed by atoms with E-state index >= 15 is 0 Å². The van der Waals surface area contributed by atoms with Crippen LogP contribution in [0, 0.1) is 11.3 Å². The molecule has 2 N–H and O–H groups in total. The van der Waals surface area contributed by atoms with Gasteiger partial charge in [-0.15, -0.1) is 10.2 Å². The number of benzene rings is 2. The maximum Gasteiger partial charge on any atom is 0.416 e. The first-order valence-corrected chi connectivity index (χ1v) is 15.8. The maximum absolute atomic E-state index is 14.5. The molecule has 1 aliphatic heterocycles. The molecule has 16 heteroatoms. The number of carbonyl (C=O) groups is 1. The van der Waals surface area contributed by atoms with Gasteiger partial charge in [0, 0.05) is 43.7 Å². The quantitative estimate of drug-likeness (QED) is 0.144. The molecule has 3 heterocycles. The van der Waals surface area contributed by atoms with E-state index < -0.39 is 42.0 Å². The molecule has 1 saturated carbocycles. The van der Waals surface area contributed by atoms with Crippen LogP contribution in [-0.4, -0.2) is 61.4 Å². The number of rotatable bonds is 10. The van der Waals surface area contributed by atoms with Gasteiger partial charge >= 0.3 is 12.4 Å². The van der Waals surface area contributed by atoms with Crippen LogP contribution in [0.2, 0.25) is 0 Å². The Morgan fingerprint density at radius 1 is 1.04 bits per heavy atom. The lowest BCUT2D eigenvalue weighted by Gasteiger charge is -2.38. The number of alkyl halides is 6. The lowest BCUT2D eigenvalue weighted by Crippen LogP contribution is -2.44. The summed E-state index contributed by atoms with van der Waals surface area (Å²) < 4.78 is 86.9. The summed E-state index contributed by atoms with van der Waals surface area (Å²) in [6.45, 7) is -0.105. The lowest BCUT2D eigenvalue weighted by atomic mass is 9.88. The number of nitriles is 1. The lowest BCUT2D eigenvalue weighted by molar-refractivity contribution is -0.138. The Morgan fingerprint density at radius 2 is 1.80 bits per heavy atom. The Labute approximate surface area is 283 Å². The Hall–Kier alpha value is -5.01. The molecular formula is C34H32F6N8O2. The van der Waals surface area contributed by atoms with Gasteiger partial charge in [0.15, 0.2) is 5.82 Å². The van der Waals surface area contributed by atoms with Crippen molar-refractivity contribution in [2.75, 3.05) is 23.8 Å². The minimum absolute atomic E-state index is 0.00639. The molecule has 2 aliphatic rings. The minimum atomic E-state index is -4.78. The van der Waals surface area contributed by atoms with Crippen molar-refractivity contribution in [1.82, 2.24) is 24.6 Å². The average Bonchev–Trinajstić information content (AvgIpc) is 3.62. The SMILES string of the molecule is CN(Cc1cc2c(c(C(F)(F)F)c1)CN(c1cc(-c3cc(C(F)(F)F)ccc3-c3nncn3C)cc(NCCCC#N)n1)C2=O)C1CC(O)C1. The highest BCUT2D eigenvalue weighted by atomic mass is 19.4. The van der Waals surface area contributed by atoms with Crippen molar-refractivity contribution in [3.8, 4) is 28.6 Å². The van der Waals surface area contributed by atoms with E-state index in [4.69, 9.17) is 5.26 Å². The first kappa shape index (κ1) is 34.8. The van der Waals surface area contributed by atoms with Gasteiger partial charge in [0.2, 0.25) is 0 Å². The molecule has 0 unspecified atom stereocenters. The van der Waals surface area contributed by atoms with E-state index in [0.29, 0.717) is 19.3 Å². The molecule has 0 spiro atoms. The molecule has 1 aliphatic carbocycles. The summed E-state index contributed by atoms with van der Waals surface area (Å²) in [6.07, 6.45) is -6.94. The number of carbonyl (C=O) groups excluding carboxylic acids is 1. The van der Waals surface area contributed by atoms with E-state index in [2.05, 4.69) is 20.5 Å². The number of amides is 1. The van der Waals surface area contributed by atoms with Gasteiger partial charge < -0.3 is 15.0 Å². The largest absolute Gasteiger partial charge is 0.416 e. The normalized spacial score (nSPS) is 17.5. The topological polar surface area (TPSA) is 123 Å². The molecule has 10 nitrogen and oxygen atoms in total. The number of aliphatic hydroxyl groups is 1. The van der Waals surface area contributed by atoms with Crippen molar-refractivity contribution >= 4 is 17.5 Å². The van der Waals surface area contributed by atoms with Crippen molar-refractivity contribution in [1.29, 1.82) is 5.26 Å². The van der Waals surface area contributed by atoms with E-state index in [-0.39, 0.29) is 76.4 Å². The maximum atomic E-state index is 14.5. The second kappa shape index (κ2) is 13.4. The summed E-state index contributed by atoms with van der Waals surface area (Å²) in [6, 6.07) is 10.4. The first-order valence-electron chi connectivity index (χ1n) is 15.8. The zero-order chi connectivity index (χ0) is 36.0. The van der Waals surface area contributed by atoms with Crippen LogP contribution in [0.4, 0.5) is 38.0 Å². The molecule has 4 aromatic rings. The van der Waals surface area contributed by atoms with Crippen molar-refractivity contribution in [3.05, 3.63) is 76.6 Å². The number of halogens is 6. The highest BCUT2D eigenvalue weighted by molar-refractivity contribution is 6.10. The van der Waals surface area contributed by atoms with Crippen LogP contribution in [-0.2, 0) is 32.5 Å². The van der Waals surface area contributed by atoms with E-state index in [1.54, 1.807) is 14.1 Å². The van der Waals surface area contributed by atoms with Crippen LogP contribution in [0.5, 0.6) is 0 Å². The number of aromatic nitrogens is 4. The molecular weight excluding hydrogens is 666 g/mol. The summed E-state index contributed by atoms with van der Waals surface area (Å²) in [5.41, 5.74) is -1.47. The Balaban J connectivity index is 1.44. The third kappa shape index (κ3) is 7.01. The number of fused-ring (bicyclic) bond motifs is 1. The van der Waals surface area contributed by atoms with Gasteiger partial charge in [0.1, 0.15) is 18.0 Å². The van der Waals surface area contributed by atoms with Gasteiger partial charge in [-0.2, -0.15) is 31.6 Å². The number of nitrogens with one attached hydrogen (secondary N) is 1. The van der Waals surface area contributed by atoms with Gasteiger partial charge in [0.05, 0.1) is 29.8 Å². The molecule has 2 aromatic heterocycles. The van der Waals surface area contributed by atoms with Crippen molar-refractivity contribution in [2.45, 2.75) is 63.3 Å². The molecule has 1 fully saturated rings. The van der Waals surface area contributed by atoms with Gasteiger partial charge in [-0.05, 0) is 91.0 Å². The van der Waals surface area contributed by atoms with Crippen LogP contribution in [0.3, 0.4) is 0 Å². The monoisotopic (exact) mass is 698 g/mol. The molecule has 50 heavy (non-hydrogen) atoms. The Kier molecular flexibility index (Phi) is 9.31. The highest BCUT2D eigenvalue weighted by Crippen LogP contribution is 2.42. The van der Waals surface area contributed by atoms with Gasteiger partial charge in [0.25, 0.3) is 5.91 Å². The predicted molar refractivity (Wildman–Crippen MR) is 170 cm³/mol. The standard InChI is InChI=1S/C34H32F6N8O2/c1-46(22-14-23(49)15-22)16-19-9-26-27(28(10-19)34(38,39)40)17-48(32(26)50)30-12-20(11-29(44-30)42-8-4-3-7-41)25-13-21(33(35,36)37)5-6-24(25)31-45-43-18-47(31)2/h5-6,9-13,18,22-23,49H,3-4,8,14-17H2,1-2H3,(H,42,44). The summed E-state index contributed by atoms with van der Waals surface area (Å²) in [7, 11) is 3.37. The Morgan fingerprint density at radius 3 is 2.44 bits per heavy atom. The molecule has 262 valence electrons. The number of hydrogen-bond donors (Lipinski definition) is 2. The molecule has 2 aromatic carbocycles. The summed E-state index contributed by atoms with van der Waals surface area (Å²) in [5.74, 6) is -0.430.